The first-order valence-corrected chi connectivity index (χ1v) is 9.64. The van der Waals surface area contributed by atoms with E-state index in [2.05, 4.69) is 19.9 Å². The zero-order valence-electron chi connectivity index (χ0n) is 14.4. The Labute approximate surface area is 132 Å². The lowest BCUT2D eigenvalue weighted by atomic mass is 9.62. The van der Waals surface area contributed by atoms with Crippen LogP contribution in [0.1, 0.15) is 97.3 Å². The largest absolute Gasteiger partial charge is 0.198 e. The number of nitrogens with zero attached hydrogens (tertiary/aromatic N) is 1. The van der Waals surface area contributed by atoms with Crippen molar-refractivity contribution in [3.63, 3.8) is 0 Å². The molecule has 0 aromatic heterocycles. The van der Waals surface area contributed by atoms with Gasteiger partial charge in [0, 0.05) is 0 Å². The SMILES string of the molecule is CCCCCC1(C#N)CCCC(C2CCC(CC)CC2)C1. The second kappa shape index (κ2) is 8.21. The van der Waals surface area contributed by atoms with Crippen LogP contribution in [0.4, 0.5) is 0 Å². The highest BCUT2D eigenvalue weighted by molar-refractivity contribution is 5.03. The molecule has 21 heavy (non-hydrogen) atoms. The zero-order chi connectivity index (χ0) is 15.1. The minimum Gasteiger partial charge on any atom is -0.198 e. The van der Waals surface area contributed by atoms with Crippen LogP contribution in [0.25, 0.3) is 0 Å². The summed E-state index contributed by atoms with van der Waals surface area (Å²) in [6.45, 7) is 4.61. The fourth-order valence-electron chi connectivity index (χ4n) is 4.98. The molecule has 2 rings (SSSR count). The molecule has 2 saturated carbocycles. The summed E-state index contributed by atoms with van der Waals surface area (Å²) in [5, 5.41) is 9.79. The van der Waals surface area contributed by atoms with Gasteiger partial charge < -0.3 is 0 Å². The van der Waals surface area contributed by atoms with Crippen LogP contribution >= 0.6 is 0 Å². The molecule has 1 nitrogen and oxygen atoms in total. The minimum atomic E-state index is 0.0414. The van der Waals surface area contributed by atoms with E-state index >= 15 is 0 Å². The summed E-state index contributed by atoms with van der Waals surface area (Å²) in [5.74, 6) is 2.79. The van der Waals surface area contributed by atoms with Crippen molar-refractivity contribution in [1.82, 2.24) is 0 Å². The molecule has 1 heteroatoms. The molecule has 0 aliphatic heterocycles. The molecular weight excluding hydrogens is 254 g/mol. The third-order valence-electron chi connectivity index (χ3n) is 6.51. The smallest absolute Gasteiger partial charge is 0.0689 e. The zero-order valence-corrected chi connectivity index (χ0v) is 14.4. The van der Waals surface area contributed by atoms with E-state index < -0.39 is 0 Å². The standard InChI is InChI=1S/C20H35N/c1-3-5-6-13-20(16-21)14-7-8-19(15-20)18-11-9-17(4-2)10-12-18/h17-19H,3-15H2,1-2H3. The van der Waals surface area contributed by atoms with E-state index in [1.165, 1.54) is 77.0 Å². The van der Waals surface area contributed by atoms with E-state index in [9.17, 15) is 5.26 Å². The fraction of sp³-hybridized carbons (Fsp3) is 0.950. The Morgan fingerprint density at radius 2 is 1.76 bits per heavy atom. The van der Waals surface area contributed by atoms with Crippen LogP contribution in [0.15, 0.2) is 0 Å². The van der Waals surface area contributed by atoms with Crippen molar-refractivity contribution in [2.75, 3.05) is 0 Å². The van der Waals surface area contributed by atoms with Crippen molar-refractivity contribution in [3.8, 4) is 6.07 Å². The molecule has 2 unspecified atom stereocenters. The first-order valence-electron chi connectivity index (χ1n) is 9.64. The van der Waals surface area contributed by atoms with Crippen molar-refractivity contribution >= 4 is 0 Å². The summed E-state index contributed by atoms with van der Waals surface area (Å²) in [6.07, 6.45) is 17.3. The van der Waals surface area contributed by atoms with E-state index in [0.717, 1.165) is 24.2 Å². The van der Waals surface area contributed by atoms with Gasteiger partial charge >= 0.3 is 0 Å². The highest BCUT2D eigenvalue weighted by Crippen LogP contribution is 2.48. The van der Waals surface area contributed by atoms with Crippen molar-refractivity contribution in [1.29, 1.82) is 5.26 Å². The first kappa shape index (κ1) is 16.9. The van der Waals surface area contributed by atoms with Gasteiger partial charge in [-0.15, -0.1) is 0 Å². The Morgan fingerprint density at radius 1 is 1.00 bits per heavy atom. The highest BCUT2D eigenvalue weighted by atomic mass is 14.5. The Kier molecular flexibility index (Phi) is 6.59. The maximum Gasteiger partial charge on any atom is 0.0689 e. The number of hydrogen-bond acceptors (Lipinski definition) is 1. The summed E-state index contributed by atoms with van der Waals surface area (Å²) in [4.78, 5) is 0. The predicted molar refractivity (Wildman–Crippen MR) is 89.9 cm³/mol. The predicted octanol–water partition coefficient (Wildman–Crippen LogP) is 6.48. The molecule has 0 bridgehead atoms. The molecule has 0 aromatic carbocycles. The van der Waals surface area contributed by atoms with Crippen LogP contribution in [0.5, 0.6) is 0 Å². The van der Waals surface area contributed by atoms with E-state index in [0.29, 0.717) is 0 Å². The van der Waals surface area contributed by atoms with Crippen LogP contribution in [0.2, 0.25) is 0 Å². The van der Waals surface area contributed by atoms with Gasteiger partial charge in [-0.05, 0) is 49.9 Å². The summed E-state index contributed by atoms with van der Waals surface area (Å²) in [6, 6.07) is 2.77. The molecule has 0 heterocycles. The van der Waals surface area contributed by atoms with Gasteiger partial charge in [0.2, 0.25) is 0 Å². The Bertz CT molecular complexity index is 334. The fourth-order valence-corrected chi connectivity index (χ4v) is 4.98. The molecule has 2 aliphatic carbocycles. The molecule has 120 valence electrons. The lowest BCUT2D eigenvalue weighted by Gasteiger charge is -2.41. The van der Waals surface area contributed by atoms with Gasteiger partial charge in [0.25, 0.3) is 0 Å². The lowest BCUT2D eigenvalue weighted by molar-refractivity contribution is 0.103. The normalized spacial score (nSPS) is 37.1. The Balaban J connectivity index is 1.88. The maximum atomic E-state index is 9.79. The third-order valence-corrected chi connectivity index (χ3v) is 6.51. The van der Waals surface area contributed by atoms with Gasteiger partial charge in [-0.2, -0.15) is 5.26 Å². The van der Waals surface area contributed by atoms with Gasteiger partial charge in [0.05, 0.1) is 11.5 Å². The van der Waals surface area contributed by atoms with Crippen LogP contribution in [0.3, 0.4) is 0 Å². The molecule has 0 saturated heterocycles. The van der Waals surface area contributed by atoms with Gasteiger partial charge in [-0.1, -0.05) is 65.2 Å². The molecule has 0 aromatic rings. The van der Waals surface area contributed by atoms with E-state index in [1.54, 1.807) is 0 Å². The lowest BCUT2D eigenvalue weighted by Crippen LogP contribution is -2.32. The maximum absolute atomic E-state index is 9.79. The monoisotopic (exact) mass is 289 g/mol. The van der Waals surface area contributed by atoms with Crippen LogP contribution in [-0.2, 0) is 0 Å². The minimum absolute atomic E-state index is 0.0414. The summed E-state index contributed by atoms with van der Waals surface area (Å²) >= 11 is 0. The van der Waals surface area contributed by atoms with Crippen molar-refractivity contribution in [2.45, 2.75) is 97.3 Å². The average Bonchev–Trinajstić information content (AvgIpc) is 2.55. The van der Waals surface area contributed by atoms with Gasteiger partial charge in [-0.3, -0.25) is 0 Å². The molecule has 0 spiro atoms. The Morgan fingerprint density at radius 3 is 2.38 bits per heavy atom. The van der Waals surface area contributed by atoms with Crippen molar-refractivity contribution in [3.05, 3.63) is 0 Å². The van der Waals surface area contributed by atoms with Crippen LogP contribution in [-0.4, -0.2) is 0 Å². The molecule has 0 amide bonds. The highest BCUT2D eigenvalue weighted by Gasteiger charge is 2.39. The van der Waals surface area contributed by atoms with E-state index in [4.69, 9.17) is 0 Å². The number of unbranched alkanes of at least 4 members (excludes halogenated alkanes) is 2. The summed E-state index contributed by atoms with van der Waals surface area (Å²) in [5.41, 5.74) is 0.0414. The quantitative estimate of drug-likeness (QED) is 0.513. The summed E-state index contributed by atoms with van der Waals surface area (Å²) in [7, 11) is 0. The molecule has 0 N–H and O–H groups in total. The van der Waals surface area contributed by atoms with Gasteiger partial charge in [0.1, 0.15) is 0 Å². The van der Waals surface area contributed by atoms with Crippen molar-refractivity contribution < 1.29 is 0 Å². The number of nitriles is 1. The number of hydrogen-bond donors (Lipinski definition) is 0. The van der Waals surface area contributed by atoms with E-state index in [1.807, 2.05) is 0 Å². The van der Waals surface area contributed by atoms with E-state index in [-0.39, 0.29) is 5.41 Å². The summed E-state index contributed by atoms with van der Waals surface area (Å²) < 4.78 is 0. The van der Waals surface area contributed by atoms with Crippen LogP contribution in [0, 0.1) is 34.5 Å². The molecule has 2 atom stereocenters. The topological polar surface area (TPSA) is 23.8 Å². The second-order valence-electron chi connectivity index (χ2n) is 7.89. The second-order valence-corrected chi connectivity index (χ2v) is 7.89. The molecule has 2 aliphatic rings. The third kappa shape index (κ3) is 4.48. The molecule has 2 fully saturated rings. The first-order chi connectivity index (χ1) is 10.2. The average molecular weight is 290 g/mol. The van der Waals surface area contributed by atoms with Crippen molar-refractivity contribution in [2.24, 2.45) is 23.2 Å². The van der Waals surface area contributed by atoms with Gasteiger partial charge in [0.15, 0.2) is 0 Å². The van der Waals surface area contributed by atoms with Crippen LogP contribution < -0.4 is 0 Å². The van der Waals surface area contributed by atoms with Gasteiger partial charge in [-0.25, -0.2) is 0 Å². The Hall–Kier alpha value is -0.510. The molecule has 0 radical (unpaired) electrons. The molecular formula is C20H35N. The number of rotatable bonds is 6.